The van der Waals surface area contributed by atoms with Crippen molar-refractivity contribution in [1.82, 2.24) is 10.3 Å². The topological polar surface area (TPSA) is 62.2 Å². The Labute approximate surface area is 117 Å². The van der Waals surface area contributed by atoms with Crippen LogP contribution in [0.25, 0.3) is 0 Å². The average Bonchev–Trinajstić information content (AvgIpc) is 3.26. The van der Waals surface area contributed by atoms with Crippen LogP contribution in [0.2, 0.25) is 0 Å². The SMILES string of the molecule is O=C(O)c1cccc(CNC2CC2c2ccccc2)n1. The molecule has 1 fully saturated rings. The lowest BCUT2D eigenvalue weighted by atomic mass is 10.1. The van der Waals surface area contributed by atoms with Crippen LogP contribution in [0.1, 0.15) is 34.1 Å². The van der Waals surface area contributed by atoms with Gasteiger partial charge in [0, 0.05) is 18.5 Å². The Bertz CT molecular complexity index is 613. The van der Waals surface area contributed by atoms with Crippen LogP contribution in [0, 0.1) is 0 Å². The highest BCUT2D eigenvalue weighted by molar-refractivity contribution is 5.85. The second-order valence-corrected chi connectivity index (χ2v) is 5.06. The molecule has 20 heavy (non-hydrogen) atoms. The number of aromatic carboxylic acids is 1. The first-order valence-electron chi connectivity index (χ1n) is 6.71. The number of hydrogen-bond acceptors (Lipinski definition) is 3. The molecule has 2 atom stereocenters. The molecular formula is C16H16N2O2. The van der Waals surface area contributed by atoms with Gasteiger partial charge in [0.25, 0.3) is 0 Å². The van der Waals surface area contributed by atoms with E-state index in [0.717, 1.165) is 12.1 Å². The summed E-state index contributed by atoms with van der Waals surface area (Å²) in [7, 11) is 0. The maximum atomic E-state index is 10.9. The number of rotatable bonds is 5. The molecule has 2 aromatic rings. The minimum atomic E-state index is -0.986. The van der Waals surface area contributed by atoms with Crippen LogP contribution in [-0.4, -0.2) is 22.1 Å². The molecular weight excluding hydrogens is 252 g/mol. The zero-order chi connectivity index (χ0) is 13.9. The predicted molar refractivity (Wildman–Crippen MR) is 75.6 cm³/mol. The molecule has 0 spiro atoms. The van der Waals surface area contributed by atoms with Crippen molar-refractivity contribution in [2.45, 2.75) is 24.9 Å². The lowest BCUT2D eigenvalue weighted by Gasteiger charge is -2.05. The van der Waals surface area contributed by atoms with Crippen molar-refractivity contribution in [3.63, 3.8) is 0 Å². The Morgan fingerprint density at radius 3 is 2.75 bits per heavy atom. The second kappa shape index (κ2) is 5.43. The highest BCUT2D eigenvalue weighted by Crippen LogP contribution is 2.40. The Morgan fingerprint density at radius 2 is 2.00 bits per heavy atom. The highest BCUT2D eigenvalue weighted by atomic mass is 16.4. The zero-order valence-electron chi connectivity index (χ0n) is 11.0. The van der Waals surface area contributed by atoms with E-state index in [9.17, 15) is 4.79 Å². The predicted octanol–water partition coefficient (Wildman–Crippen LogP) is 2.43. The van der Waals surface area contributed by atoms with E-state index in [1.54, 1.807) is 6.07 Å². The van der Waals surface area contributed by atoms with E-state index in [0.29, 0.717) is 18.5 Å². The number of nitrogens with one attached hydrogen (secondary N) is 1. The lowest BCUT2D eigenvalue weighted by Crippen LogP contribution is -2.18. The molecule has 2 unspecified atom stereocenters. The van der Waals surface area contributed by atoms with Crippen LogP contribution in [0.5, 0.6) is 0 Å². The first kappa shape index (κ1) is 12.8. The molecule has 1 heterocycles. The monoisotopic (exact) mass is 268 g/mol. The fraction of sp³-hybridized carbons (Fsp3) is 0.250. The Kier molecular flexibility index (Phi) is 3.48. The summed E-state index contributed by atoms with van der Waals surface area (Å²) in [5.41, 5.74) is 2.22. The lowest BCUT2D eigenvalue weighted by molar-refractivity contribution is 0.0690. The summed E-state index contributed by atoms with van der Waals surface area (Å²) in [6.45, 7) is 0.606. The second-order valence-electron chi connectivity index (χ2n) is 5.06. The van der Waals surface area contributed by atoms with Crippen LogP contribution in [0.4, 0.5) is 0 Å². The van der Waals surface area contributed by atoms with Crippen molar-refractivity contribution in [2.75, 3.05) is 0 Å². The number of aromatic nitrogens is 1. The van der Waals surface area contributed by atoms with E-state index in [1.807, 2.05) is 12.1 Å². The van der Waals surface area contributed by atoms with Gasteiger partial charge in [0.05, 0.1) is 5.69 Å². The van der Waals surface area contributed by atoms with Crippen molar-refractivity contribution in [2.24, 2.45) is 0 Å². The fourth-order valence-corrected chi connectivity index (χ4v) is 2.42. The molecule has 4 nitrogen and oxygen atoms in total. The quantitative estimate of drug-likeness (QED) is 0.874. The highest BCUT2D eigenvalue weighted by Gasteiger charge is 2.37. The molecule has 1 aromatic heterocycles. The summed E-state index contributed by atoms with van der Waals surface area (Å²) in [4.78, 5) is 15.0. The maximum absolute atomic E-state index is 10.9. The molecule has 3 rings (SSSR count). The molecule has 1 saturated carbocycles. The Morgan fingerprint density at radius 1 is 1.20 bits per heavy atom. The minimum absolute atomic E-state index is 0.0970. The number of carbonyl (C=O) groups is 1. The van der Waals surface area contributed by atoms with Crippen LogP contribution < -0.4 is 5.32 Å². The number of benzene rings is 1. The maximum Gasteiger partial charge on any atom is 0.354 e. The normalized spacial score (nSPS) is 20.6. The Balaban J connectivity index is 1.56. The van der Waals surface area contributed by atoms with Crippen molar-refractivity contribution in [1.29, 1.82) is 0 Å². The number of nitrogens with zero attached hydrogens (tertiary/aromatic N) is 1. The summed E-state index contributed by atoms with van der Waals surface area (Å²) in [6, 6.07) is 16.0. The van der Waals surface area contributed by atoms with Crippen molar-refractivity contribution in [3.8, 4) is 0 Å². The third-order valence-electron chi connectivity index (χ3n) is 3.59. The summed E-state index contributed by atoms with van der Waals surface area (Å²) in [6.07, 6.45) is 1.13. The smallest absolute Gasteiger partial charge is 0.354 e. The largest absolute Gasteiger partial charge is 0.477 e. The third kappa shape index (κ3) is 2.86. The standard InChI is InChI=1S/C16H16N2O2/c19-16(20)14-8-4-7-12(18-14)10-17-15-9-13(15)11-5-2-1-3-6-11/h1-8,13,15,17H,9-10H2,(H,19,20). The van der Waals surface area contributed by atoms with E-state index in [4.69, 9.17) is 5.11 Å². The van der Waals surface area contributed by atoms with Gasteiger partial charge in [-0.3, -0.25) is 0 Å². The van der Waals surface area contributed by atoms with E-state index in [-0.39, 0.29) is 5.69 Å². The third-order valence-corrected chi connectivity index (χ3v) is 3.59. The zero-order valence-corrected chi connectivity index (χ0v) is 11.0. The van der Waals surface area contributed by atoms with Gasteiger partial charge in [-0.15, -0.1) is 0 Å². The Hall–Kier alpha value is -2.20. The van der Waals surface area contributed by atoms with Gasteiger partial charge >= 0.3 is 5.97 Å². The molecule has 0 amide bonds. The number of pyridine rings is 1. The first-order chi connectivity index (χ1) is 9.74. The van der Waals surface area contributed by atoms with E-state index < -0.39 is 5.97 Å². The van der Waals surface area contributed by atoms with E-state index >= 15 is 0 Å². The number of carboxylic acids is 1. The molecule has 0 saturated heterocycles. The van der Waals surface area contributed by atoms with E-state index in [2.05, 4.69) is 34.6 Å². The summed E-state index contributed by atoms with van der Waals surface area (Å²) >= 11 is 0. The van der Waals surface area contributed by atoms with Gasteiger partial charge in [-0.05, 0) is 24.1 Å². The van der Waals surface area contributed by atoms with Gasteiger partial charge < -0.3 is 10.4 Å². The van der Waals surface area contributed by atoms with Crippen molar-refractivity contribution >= 4 is 5.97 Å². The van der Waals surface area contributed by atoms with E-state index in [1.165, 1.54) is 11.6 Å². The van der Waals surface area contributed by atoms with Crippen molar-refractivity contribution < 1.29 is 9.90 Å². The van der Waals surface area contributed by atoms with Gasteiger partial charge in [-0.1, -0.05) is 36.4 Å². The van der Waals surface area contributed by atoms with Crippen molar-refractivity contribution in [3.05, 3.63) is 65.5 Å². The van der Waals surface area contributed by atoms with Crippen LogP contribution >= 0.6 is 0 Å². The van der Waals surface area contributed by atoms with Gasteiger partial charge in [0.15, 0.2) is 0 Å². The first-order valence-corrected chi connectivity index (χ1v) is 6.71. The van der Waals surface area contributed by atoms with Crippen LogP contribution in [0.15, 0.2) is 48.5 Å². The van der Waals surface area contributed by atoms with Crippen LogP contribution in [0.3, 0.4) is 0 Å². The molecule has 0 aliphatic heterocycles. The van der Waals surface area contributed by atoms with Gasteiger partial charge in [-0.2, -0.15) is 0 Å². The molecule has 0 radical (unpaired) electrons. The molecule has 1 aromatic carbocycles. The molecule has 1 aliphatic rings. The molecule has 102 valence electrons. The number of carboxylic acid groups (broad SMARTS) is 1. The summed E-state index contributed by atoms with van der Waals surface area (Å²) in [5.74, 6) is -0.417. The molecule has 1 aliphatic carbocycles. The van der Waals surface area contributed by atoms with Gasteiger partial charge in [-0.25, -0.2) is 9.78 Å². The van der Waals surface area contributed by atoms with Gasteiger partial charge in [0.2, 0.25) is 0 Å². The minimum Gasteiger partial charge on any atom is -0.477 e. The fourth-order valence-electron chi connectivity index (χ4n) is 2.42. The molecule has 0 bridgehead atoms. The summed E-state index contributed by atoms with van der Waals surface area (Å²) < 4.78 is 0. The van der Waals surface area contributed by atoms with Crippen LogP contribution in [-0.2, 0) is 6.54 Å². The summed E-state index contributed by atoms with van der Waals surface area (Å²) in [5, 5.41) is 12.3. The van der Waals surface area contributed by atoms with Gasteiger partial charge in [0.1, 0.15) is 5.69 Å². The molecule has 4 heteroatoms. The molecule has 2 N–H and O–H groups in total. The number of hydrogen-bond donors (Lipinski definition) is 2. The average molecular weight is 268 g/mol.